The molecule has 0 bridgehead atoms. The topological polar surface area (TPSA) is 64.1 Å². The Kier molecular flexibility index (Phi) is 5.86. The Labute approximate surface area is 179 Å². The number of aryl methyl sites for hydroxylation is 1. The van der Waals surface area contributed by atoms with E-state index in [4.69, 9.17) is 9.72 Å². The molecule has 6 heteroatoms. The molecule has 0 saturated heterocycles. The van der Waals surface area contributed by atoms with Gasteiger partial charge in [-0.05, 0) is 42.3 Å². The minimum atomic E-state index is -0.0831. The van der Waals surface area contributed by atoms with Crippen LogP contribution < -0.4 is 10.1 Å². The lowest BCUT2D eigenvalue weighted by molar-refractivity contribution is -0.115. The predicted molar refractivity (Wildman–Crippen MR) is 121 cm³/mol. The Morgan fingerprint density at radius 1 is 1.03 bits per heavy atom. The van der Waals surface area contributed by atoms with E-state index in [0.29, 0.717) is 11.4 Å². The Bertz CT molecular complexity index is 1150. The molecule has 2 aromatic carbocycles. The smallest absolute Gasteiger partial charge is 0.228 e. The zero-order chi connectivity index (χ0) is 20.9. The number of amides is 1. The van der Waals surface area contributed by atoms with Crippen molar-refractivity contribution in [2.24, 2.45) is 0 Å². The molecule has 5 nitrogen and oxygen atoms in total. The molecular formula is C24H21N3O2S. The zero-order valence-electron chi connectivity index (χ0n) is 16.8. The molecule has 30 heavy (non-hydrogen) atoms. The summed E-state index contributed by atoms with van der Waals surface area (Å²) in [5.74, 6) is 0.568. The van der Waals surface area contributed by atoms with Gasteiger partial charge in [-0.25, -0.2) is 4.98 Å². The van der Waals surface area contributed by atoms with Crippen LogP contribution in [0.15, 0.2) is 72.4 Å². The van der Waals surface area contributed by atoms with E-state index in [0.717, 1.165) is 33.0 Å². The van der Waals surface area contributed by atoms with Crippen LogP contribution in [0, 0.1) is 6.92 Å². The minimum absolute atomic E-state index is 0.0831. The van der Waals surface area contributed by atoms with Crippen molar-refractivity contribution in [2.75, 3.05) is 12.4 Å². The van der Waals surface area contributed by atoms with E-state index < -0.39 is 0 Å². The second-order valence-electron chi connectivity index (χ2n) is 6.90. The van der Waals surface area contributed by atoms with Crippen LogP contribution in [0.3, 0.4) is 0 Å². The first-order chi connectivity index (χ1) is 14.6. The van der Waals surface area contributed by atoms with E-state index in [-0.39, 0.29) is 12.3 Å². The van der Waals surface area contributed by atoms with E-state index in [1.54, 1.807) is 30.8 Å². The van der Waals surface area contributed by atoms with E-state index in [1.807, 2.05) is 66.9 Å². The molecule has 0 unspecified atom stereocenters. The average molecular weight is 416 g/mol. The fraction of sp³-hybridized carbons (Fsp3) is 0.125. The van der Waals surface area contributed by atoms with Crippen molar-refractivity contribution in [3.63, 3.8) is 0 Å². The summed E-state index contributed by atoms with van der Waals surface area (Å²) in [6, 6.07) is 17.5. The molecule has 2 heterocycles. The predicted octanol–water partition coefficient (Wildman–Crippen LogP) is 5.37. The summed E-state index contributed by atoms with van der Waals surface area (Å²) in [6.45, 7) is 1.98. The number of hydrogen-bond acceptors (Lipinski definition) is 5. The number of anilines is 1. The molecule has 0 atom stereocenters. The number of pyridine rings is 1. The zero-order valence-corrected chi connectivity index (χ0v) is 17.6. The summed E-state index contributed by atoms with van der Waals surface area (Å²) in [5.41, 5.74) is 5.69. The quantitative estimate of drug-likeness (QED) is 0.460. The second-order valence-corrected chi connectivity index (χ2v) is 7.76. The number of ether oxygens (including phenoxy) is 1. The number of hydrogen-bond donors (Lipinski definition) is 1. The van der Waals surface area contributed by atoms with Crippen LogP contribution in [0.4, 0.5) is 5.69 Å². The summed E-state index contributed by atoms with van der Waals surface area (Å²) in [6.07, 6.45) is 3.82. The molecule has 4 aromatic rings. The molecule has 0 fully saturated rings. The van der Waals surface area contributed by atoms with Gasteiger partial charge >= 0.3 is 0 Å². The van der Waals surface area contributed by atoms with Crippen LogP contribution in [0.25, 0.3) is 21.8 Å². The fourth-order valence-corrected chi connectivity index (χ4v) is 3.96. The van der Waals surface area contributed by atoms with Crippen molar-refractivity contribution in [2.45, 2.75) is 13.3 Å². The van der Waals surface area contributed by atoms with Gasteiger partial charge in [-0.15, -0.1) is 11.3 Å². The second kappa shape index (κ2) is 8.88. The monoisotopic (exact) mass is 415 g/mol. The summed E-state index contributed by atoms with van der Waals surface area (Å²) in [4.78, 5) is 21.3. The Morgan fingerprint density at radius 3 is 2.53 bits per heavy atom. The Hall–Kier alpha value is -3.51. The third-order valence-electron chi connectivity index (χ3n) is 4.67. The van der Waals surface area contributed by atoms with Gasteiger partial charge in [0.2, 0.25) is 5.91 Å². The molecule has 0 aliphatic heterocycles. The van der Waals surface area contributed by atoms with Crippen LogP contribution in [-0.4, -0.2) is 23.0 Å². The van der Waals surface area contributed by atoms with Crippen molar-refractivity contribution < 1.29 is 9.53 Å². The average Bonchev–Trinajstić information content (AvgIpc) is 3.25. The summed E-state index contributed by atoms with van der Waals surface area (Å²) >= 11 is 1.60. The fourth-order valence-electron chi connectivity index (χ4n) is 3.13. The van der Waals surface area contributed by atoms with Gasteiger partial charge in [0, 0.05) is 28.9 Å². The van der Waals surface area contributed by atoms with Gasteiger partial charge in [-0.2, -0.15) is 0 Å². The Balaban J connectivity index is 1.44. The largest absolute Gasteiger partial charge is 0.495 e. The van der Waals surface area contributed by atoms with Gasteiger partial charge < -0.3 is 10.1 Å². The van der Waals surface area contributed by atoms with Crippen molar-refractivity contribution in [1.29, 1.82) is 0 Å². The first-order valence-corrected chi connectivity index (χ1v) is 10.4. The highest BCUT2D eigenvalue weighted by molar-refractivity contribution is 7.13. The molecule has 0 aliphatic carbocycles. The highest BCUT2D eigenvalue weighted by Crippen LogP contribution is 2.29. The first kappa shape index (κ1) is 19.8. The highest BCUT2D eigenvalue weighted by atomic mass is 32.1. The number of carbonyl (C=O) groups is 1. The van der Waals surface area contributed by atoms with Gasteiger partial charge in [-0.1, -0.05) is 30.3 Å². The lowest BCUT2D eigenvalue weighted by atomic mass is 10.1. The highest BCUT2D eigenvalue weighted by Gasteiger charge is 2.10. The molecule has 1 N–H and O–H groups in total. The molecule has 4 rings (SSSR count). The normalized spacial score (nSPS) is 10.6. The van der Waals surface area contributed by atoms with Crippen molar-refractivity contribution in [1.82, 2.24) is 9.97 Å². The van der Waals surface area contributed by atoms with Gasteiger partial charge in [0.25, 0.3) is 0 Å². The van der Waals surface area contributed by atoms with Gasteiger partial charge in [0.05, 0.1) is 24.9 Å². The molecule has 2 aromatic heterocycles. The third-order valence-corrected chi connectivity index (χ3v) is 5.57. The van der Waals surface area contributed by atoms with E-state index in [2.05, 4.69) is 10.3 Å². The molecule has 1 amide bonds. The maximum atomic E-state index is 12.5. The van der Waals surface area contributed by atoms with Crippen molar-refractivity contribution in [3.05, 3.63) is 83.5 Å². The first-order valence-electron chi connectivity index (χ1n) is 9.52. The number of methoxy groups -OCH3 is 1. The van der Waals surface area contributed by atoms with Crippen molar-refractivity contribution in [3.8, 4) is 27.6 Å². The SMILES string of the molecule is COc1ccc(C)cc1NC(=O)Cc1ccc(-c2csc(-c3ccncc3)n2)cc1. The number of benzene rings is 2. The molecule has 150 valence electrons. The number of rotatable bonds is 6. The minimum Gasteiger partial charge on any atom is -0.495 e. The number of thiazole rings is 1. The summed E-state index contributed by atoms with van der Waals surface area (Å²) < 4.78 is 5.33. The van der Waals surface area contributed by atoms with Crippen LogP contribution in [0.5, 0.6) is 5.75 Å². The maximum absolute atomic E-state index is 12.5. The van der Waals surface area contributed by atoms with Crippen LogP contribution in [0.1, 0.15) is 11.1 Å². The lowest BCUT2D eigenvalue weighted by Gasteiger charge is -2.11. The summed E-state index contributed by atoms with van der Waals surface area (Å²) in [5, 5.41) is 5.94. The number of nitrogens with one attached hydrogen (secondary N) is 1. The molecular weight excluding hydrogens is 394 g/mol. The van der Waals surface area contributed by atoms with E-state index in [9.17, 15) is 4.79 Å². The standard InChI is InChI=1S/C24H21N3O2S/c1-16-3-8-22(29-2)20(13-16)26-23(28)14-17-4-6-18(7-5-17)21-15-30-24(27-21)19-9-11-25-12-10-19/h3-13,15H,14H2,1-2H3,(H,26,28). The molecule has 0 spiro atoms. The summed E-state index contributed by atoms with van der Waals surface area (Å²) in [7, 11) is 1.59. The molecule has 0 aliphatic rings. The molecule has 0 saturated carbocycles. The molecule has 0 radical (unpaired) electrons. The van der Waals surface area contributed by atoms with Crippen molar-refractivity contribution >= 4 is 22.9 Å². The number of carbonyl (C=O) groups excluding carboxylic acids is 1. The van der Waals surface area contributed by atoms with Crippen LogP contribution in [0.2, 0.25) is 0 Å². The maximum Gasteiger partial charge on any atom is 0.228 e. The van der Waals surface area contributed by atoms with Gasteiger partial charge in [0.1, 0.15) is 10.8 Å². The van der Waals surface area contributed by atoms with Crippen LogP contribution in [-0.2, 0) is 11.2 Å². The third kappa shape index (κ3) is 4.55. The lowest BCUT2D eigenvalue weighted by Crippen LogP contribution is -2.15. The Morgan fingerprint density at radius 2 is 1.80 bits per heavy atom. The number of nitrogens with zero attached hydrogens (tertiary/aromatic N) is 2. The van der Waals surface area contributed by atoms with Crippen LogP contribution >= 0.6 is 11.3 Å². The van der Waals surface area contributed by atoms with E-state index in [1.165, 1.54) is 0 Å². The van der Waals surface area contributed by atoms with Gasteiger partial charge in [-0.3, -0.25) is 9.78 Å². The van der Waals surface area contributed by atoms with Gasteiger partial charge in [0.15, 0.2) is 0 Å². The number of aromatic nitrogens is 2. The van der Waals surface area contributed by atoms with E-state index >= 15 is 0 Å².